The van der Waals surface area contributed by atoms with Gasteiger partial charge >= 0.3 is 6.09 Å². The van der Waals surface area contributed by atoms with Crippen molar-refractivity contribution in [1.82, 2.24) is 14.9 Å². The molecular weight excluding hydrogens is 200 g/mol. The summed E-state index contributed by atoms with van der Waals surface area (Å²) in [5, 5.41) is 18.4. The van der Waals surface area contributed by atoms with Gasteiger partial charge in [-0.3, -0.25) is 0 Å². The predicted molar refractivity (Wildman–Crippen MR) is 49.4 cm³/mol. The summed E-state index contributed by atoms with van der Waals surface area (Å²) >= 11 is 0. The molecule has 7 heteroatoms. The number of aromatic nitrogens is 3. The van der Waals surface area contributed by atoms with Crippen LogP contribution in [0.25, 0.3) is 0 Å². The average molecular weight is 212 g/mol. The maximum Gasteiger partial charge on any atom is 0.432 e. The Morgan fingerprint density at radius 1 is 1.33 bits per heavy atom. The highest BCUT2D eigenvalue weighted by molar-refractivity contribution is 5.83. The number of carbonyl (C=O) groups excluding carboxylic acids is 1. The molecule has 7 nitrogen and oxygen atoms in total. The number of hydrogen-bond donors (Lipinski definition) is 1. The van der Waals surface area contributed by atoms with Gasteiger partial charge in [0, 0.05) is 0 Å². The molecule has 1 atom stereocenters. The van der Waals surface area contributed by atoms with E-state index in [0.717, 1.165) is 5.01 Å². The topological polar surface area (TPSA) is 80.5 Å². The van der Waals surface area contributed by atoms with Gasteiger partial charge in [-0.15, -0.1) is 10.2 Å². The summed E-state index contributed by atoms with van der Waals surface area (Å²) in [5.41, 5.74) is -2.44. The number of hydrogen-bond acceptors (Lipinski definition) is 5. The van der Waals surface area contributed by atoms with Gasteiger partial charge in [-0.1, -0.05) is 0 Å². The van der Waals surface area contributed by atoms with E-state index in [1.54, 1.807) is 13.8 Å². The number of rotatable bonds is 1. The van der Waals surface area contributed by atoms with E-state index in [1.807, 2.05) is 0 Å². The number of aliphatic hydroxyl groups is 1. The normalized spacial score (nSPS) is 29.3. The van der Waals surface area contributed by atoms with E-state index < -0.39 is 17.4 Å². The Balaban J connectivity index is 2.46. The van der Waals surface area contributed by atoms with Crippen LogP contribution in [0.2, 0.25) is 0 Å². The SMILES string of the molecule is CC1(C)OC(=O)N(n2cnnc2)C1(C)O. The van der Waals surface area contributed by atoms with Crippen molar-refractivity contribution in [1.29, 1.82) is 0 Å². The fourth-order valence-electron chi connectivity index (χ4n) is 1.41. The molecule has 1 aliphatic rings. The third kappa shape index (κ3) is 1.19. The molecule has 0 aliphatic carbocycles. The van der Waals surface area contributed by atoms with Gasteiger partial charge in [0.05, 0.1) is 0 Å². The maximum atomic E-state index is 11.6. The van der Waals surface area contributed by atoms with Crippen LogP contribution in [0.5, 0.6) is 0 Å². The van der Waals surface area contributed by atoms with Crippen molar-refractivity contribution in [2.75, 3.05) is 5.01 Å². The fraction of sp³-hybridized carbons (Fsp3) is 0.625. The second-order valence-corrected chi connectivity index (χ2v) is 4.05. The minimum absolute atomic E-state index is 0.634. The maximum absolute atomic E-state index is 11.6. The number of ether oxygens (including phenoxy) is 1. The van der Waals surface area contributed by atoms with Gasteiger partial charge in [0.15, 0.2) is 11.3 Å². The highest BCUT2D eigenvalue weighted by Gasteiger charge is 2.58. The molecule has 0 radical (unpaired) electrons. The molecule has 0 bridgehead atoms. The molecule has 0 aromatic carbocycles. The Morgan fingerprint density at radius 2 is 1.87 bits per heavy atom. The summed E-state index contributed by atoms with van der Waals surface area (Å²) in [6.45, 7) is 4.77. The standard InChI is InChI=1S/C8H12N4O3/c1-7(2)8(3,14)12(6(13)15-7)11-4-9-10-5-11/h4-5,14H,1-3H3. The zero-order chi connectivity index (χ0) is 11.3. The summed E-state index contributed by atoms with van der Waals surface area (Å²) < 4.78 is 6.35. The fourth-order valence-corrected chi connectivity index (χ4v) is 1.41. The molecule has 1 aliphatic heterocycles. The number of carbonyl (C=O) groups is 1. The molecule has 82 valence electrons. The van der Waals surface area contributed by atoms with Crippen molar-refractivity contribution in [3.8, 4) is 0 Å². The second-order valence-electron chi connectivity index (χ2n) is 4.05. The molecule has 2 rings (SSSR count). The number of cyclic esters (lactones) is 1. The highest BCUT2D eigenvalue weighted by Crippen LogP contribution is 2.35. The van der Waals surface area contributed by atoms with E-state index in [1.165, 1.54) is 24.3 Å². The van der Waals surface area contributed by atoms with Crippen molar-refractivity contribution in [2.24, 2.45) is 0 Å². The summed E-state index contributed by atoms with van der Waals surface area (Å²) in [6.07, 6.45) is 2.00. The summed E-state index contributed by atoms with van der Waals surface area (Å²) in [6, 6.07) is 0. The zero-order valence-electron chi connectivity index (χ0n) is 8.71. The molecule has 1 unspecified atom stereocenters. The minimum Gasteiger partial charge on any atom is -0.437 e. The molecule has 0 spiro atoms. The Bertz CT molecular complexity index is 385. The average Bonchev–Trinajstić information content (AvgIpc) is 2.59. The monoisotopic (exact) mass is 212 g/mol. The van der Waals surface area contributed by atoms with E-state index in [0.29, 0.717) is 0 Å². The first-order valence-electron chi connectivity index (χ1n) is 4.47. The highest BCUT2D eigenvalue weighted by atomic mass is 16.6. The molecule has 1 N–H and O–H groups in total. The lowest BCUT2D eigenvalue weighted by molar-refractivity contribution is -0.0787. The van der Waals surface area contributed by atoms with Gasteiger partial charge in [0.25, 0.3) is 0 Å². The van der Waals surface area contributed by atoms with Crippen molar-refractivity contribution < 1.29 is 14.6 Å². The van der Waals surface area contributed by atoms with Crippen LogP contribution in [-0.4, -0.2) is 37.4 Å². The predicted octanol–water partition coefficient (Wildman–Crippen LogP) is -0.147. The molecular formula is C8H12N4O3. The largest absolute Gasteiger partial charge is 0.437 e. The van der Waals surface area contributed by atoms with Crippen LogP contribution in [0.4, 0.5) is 4.79 Å². The molecule has 1 fully saturated rings. The van der Waals surface area contributed by atoms with Crippen LogP contribution >= 0.6 is 0 Å². The van der Waals surface area contributed by atoms with Gasteiger partial charge in [-0.05, 0) is 20.8 Å². The summed E-state index contributed by atoms with van der Waals surface area (Å²) in [4.78, 5) is 11.6. The van der Waals surface area contributed by atoms with E-state index >= 15 is 0 Å². The van der Waals surface area contributed by atoms with Crippen LogP contribution in [0, 0.1) is 0 Å². The number of amides is 1. The van der Waals surface area contributed by atoms with Gasteiger partial charge < -0.3 is 9.84 Å². The van der Waals surface area contributed by atoms with E-state index in [4.69, 9.17) is 4.74 Å². The van der Waals surface area contributed by atoms with Crippen LogP contribution < -0.4 is 5.01 Å². The molecule has 2 heterocycles. The van der Waals surface area contributed by atoms with E-state index in [-0.39, 0.29) is 0 Å². The molecule has 1 aromatic rings. The van der Waals surface area contributed by atoms with Crippen LogP contribution in [-0.2, 0) is 4.74 Å². The Labute approximate surface area is 86.2 Å². The van der Waals surface area contributed by atoms with Gasteiger partial charge in [0.2, 0.25) is 0 Å². The third-order valence-corrected chi connectivity index (χ3v) is 2.71. The lowest BCUT2D eigenvalue weighted by Crippen LogP contribution is -2.57. The lowest BCUT2D eigenvalue weighted by Gasteiger charge is -2.34. The molecule has 0 saturated carbocycles. The van der Waals surface area contributed by atoms with Gasteiger partial charge in [-0.2, -0.15) is 5.01 Å². The van der Waals surface area contributed by atoms with Crippen LogP contribution in [0.15, 0.2) is 12.7 Å². The van der Waals surface area contributed by atoms with Crippen molar-refractivity contribution in [3.05, 3.63) is 12.7 Å². The van der Waals surface area contributed by atoms with E-state index in [9.17, 15) is 9.90 Å². The first-order chi connectivity index (χ1) is 6.86. The second kappa shape index (κ2) is 2.69. The Morgan fingerprint density at radius 3 is 2.27 bits per heavy atom. The van der Waals surface area contributed by atoms with Gasteiger partial charge in [-0.25, -0.2) is 9.47 Å². The Kier molecular flexibility index (Phi) is 1.78. The minimum atomic E-state index is -1.45. The lowest BCUT2D eigenvalue weighted by atomic mass is 9.97. The quantitative estimate of drug-likeness (QED) is 0.700. The van der Waals surface area contributed by atoms with Crippen LogP contribution in [0.1, 0.15) is 20.8 Å². The first-order valence-corrected chi connectivity index (χ1v) is 4.47. The summed E-state index contributed by atoms with van der Waals surface area (Å²) in [7, 11) is 0. The molecule has 1 aromatic heterocycles. The third-order valence-electron chi connectivity index (χ3n) is 2.71. The van der Waals surface area contributed by atoms with Crippen molar-refractivity contribution in [3.63, 3.8) is 0 Å². The molecule has 1 saturated heterocycles. The summed E-state index contributed by atoms with van der Waals surface area (Å²) in [5.74, 6) is 0. The molecule has 1 amide bonds. The van der Waals surface area contributed by atoms with Crippen molar-refractivity contribution in [2.45, 2.75) is 32.1 Å². The molecule has 15 heavy (non-hydrogen) atoms. The van der Waals surface area contributed by atoms with Gasteiger partial charge in [0.1, 0.15) is 12.7 Å². The van der Waals surface area contributed by atoms with Crippen molar-refractivity contribution >= 4 is 6.09 Å². The smallest absolute Gasteiger partial charge is 0.432 e. The zero-order valence-corrected chi connectivity index (χ0v) is 8.71. The van der Waals surface area contributed by atoms with E-state index in [2.05, 4.69) is 10.2 Å². The Hall–Kier alpha value is -1.63. The first kappa shape index (κ1) is 9.91. The number of nitrogens with zero attached hydrogens (tertiary/aromatic N) is 4. The van der Waals surface area contributed by atoms with Crippen LogP contribution in [0.3, 0.4) is 0 Å².